The predicted molar refractivity (Wildman–Crippen MR) is 84.6 cm³/mol. The first kappa shape index (κ1) is 15.2. The highest BCUT2D eigenvalue weighted by molar-refractivity contribution is 6.29. The Morgan fingerprint density at radius 2 is 1.95 bits per heavy atom. The van der Waals surface area contributed by atoms with Crippen molar-refractivity contribution >= 4 is 11.6 Å². The van der Waals surface area contributed by atoms with Crippen molar-refractivity contribution in [2.24, 2.45) is 5.92 Å². The summed E-state index contributed by atoms with van der Waals surface area (Å²) < 4.78 is 5.92. The van der Waals surface area contributed by atoms with Gasteiger partial charge in [-0.15, -0.1) is 0 Å². The minimum absolute atomic E-state index is 0.337. The Morgan fingerprint density at radius 1 is 1.19 bits per heavy atom. The number of methoxy groups -OCH3 is 1. The molecule has 4 heteroatoms. The Hall–Kier alpha value is -0.670. The maximum atomic E-state index is 6.30. The van der Waals surface area contributed by atoms with Crippen molar-refractivity contribution in [1.29, 1.82) is 0 Å². The van der Waals surface area contributed by atoms with Crippen LogP contribution < -0.4 is 0 Å². The molecule has 3 nitrogen and oxygen atoms in total. The first-order chi connectivity index (χ1) is 10.1. The third-order valence-electron chi connectivity index (χ3n) is 5.24. The summed E-state index contributed by atoms with van der Waals surface area (Å²) in [6.07, 6.45) is 9.48. The second-order valence-corrected chi connectivity index (χ2v) is 7.21. The van der Waals surface area contributed by atoms with E-state index in [1.807, 2.05) is 6.07 Å². The number of ether oxygens (including phenoxy) is 1. The molecule has 2 unspecified atom stereocenters. The molecule has 0 radical (unpaired) electrons. The maximum absolute atomic E-state index is 6.30. The normalized spacial score (nSPS) is 30.7. The van der Waals surface area contributed by atoms with Gasteiger partial charge in [-0.3, -0.25) is 0 Å². The molecule has 1 heterocycles. The van der Waals surface area contributed by atoms with E-state index in [0.717, 1.165) is 24.4 Å². The zero-order chi connectivity index (χ0) is 14.9. The molecule has 21 heavy (non-hydrogen) atoms. The summed E-state index contributed by atoms with van der Waals surface area (Å²) in [5, 5.41) is 0.566. The van der Waals surface area contributed by atoms with Gasteiger partial charge < -0.3 is 4.74 Å². The summed E-state index contributed by atoms with van der Waals surface area (Å²) in [6.45, 7) is 2.29. The Kier molecular flexibility index (Phi) is 4.51. The van der Waals surface area contributed by atoms with Crippen LogP contribution in [0.3, 0.4) is 0 Å². The van der Waals surface area contributed by atoms with Crippen LogP contribution in [-0.2, 0) is 10.3 Å². The average Bonchev–Trinajstić information content (AvgIpc) is 3.00. The number of rotatable bonds is 3. The van der Waals surface area contributed by atoms with Crippen molar-refractivity contribution < 1.29 is 4.74 Å². The number of hydrogen-bond donors (Lipinski definition) is 0. The summed E-state index contributed by atoms with van der Waals surface area (Å²) in [5.41, 5.74) is 0.785. The van der Waals surface area contributed by atoms with Gasteiger partial charge in [-0.1, -0.05) is 37.8 Å². The summed E-state index contributed by atoms with van der Waals surface area (Å²) >= 11 is 6.30. The number of hydrogen-bond acceptors (Lipinski definition) is 3. The highest BCUT2D eigenvalue weighted by Gasteiger charge is 2.40. The fourth-order valence-corrected chi connectivity index (χ4v) is 4.24. The Bertz CT molecular complexity index is 502. The van der Waals surface area contributed by atoms with Gasteiger partial charge >= 0.3 is 0 Å². The molecule has 2 aliphatic carbocycles. The van der Waals surface area contributed by atoms with Crippen molar-refractivity contribution in [3.8, 4) is 0 Å². The van der Waals surface area contributed by atoms with Crippen molar-refractivity contribution in [3.05, 3.63) is 22.7 Å². The first-order valence-corrected chi connectivity index (χ1v) is 8.61. The monoisotopic (exact) mass is 308 g/mol. The molecule has 0 spiro atoms. The standard InChI is InChI=1S/C17H25ClN2O/c1-12-6-5-9-17(11-12,21-2)16-19-14(10-15(18)20-16)13-7-3-4-8-13/h10,12-13H,3-9,11H2,1-2H3. The lowest BCUT2D eigenvalue weighted by atomic mass is 9.78. The van der Waals surface area contributed by atoms with E-state index < -0.39 is 0 Å². The average molecular weight is 309 g/mol. The molecule has 2 saturated carbocycles. The fourth-order valence-electron chi connectivity index (χ4n) is 4.05. The Balaban J connectivity index is 1.96. The van der Waals surface area contributed by atoms with Crippen LogP contribution in [0.1, 0.15) is 75.7 Å². The maximum Gasteiger partial charge on any atom is 0.162 e. The lowest BCUT2D eigenvalue weighted by Gasteiger charge is -2.37. The van der Waals surface area contributed by atoms with Gasteiger partial charge in [-0.25, -0.2) is 9.97 Å². The zero-order valence-corrected chi connectivity index (χ0v) is 13.8. The lowest BCUT2D eigenvalue weighted by Crippen LogP contribution is -2.36. The van der Waals surface area contributed by atoms with Gasteiger partial charge in [-0.2, -0.15) is 0 Å². The van der Waals surface area contributed by atoms with Crippen LogP contribution in [0.4, 0.5) is 0 Å². The number of nitrogens with zero attached hydrogens (tertiary/aromatic N) is 2. The van der Waals surface area contributed by atoms with Crippen LogP contribution in [0.15, 0.2) is 6.07 Å². The highest BCUT2D eigenvalue weighted by Crippen LogP contribution is 2.42. The van der Waals surface area contributed by atoms with E-state index in [4.69, 9.17) is 21.3 Å². The number of halogens is 1. The predicted octanol–water partition coefficient (Wildman–Crippen LogP) is 4.84. The SMILES string of the molecule is COC1(c2nc(Cl)cc(C3CCCC3)n2)CCCC(C)C1. The van der Waals surface area contributed by atoms with Crippen molar-refractivity contribution in [2.75, 3.05) is 7.11 Å². The quantitative estimate of drug-likeness (QED) is 0.749. The van der Waals surface area contributed by atoms with Gasteiger partial charge in [0.15, 0.2) is 5.82 Å². The van der Waals surface area contributed by atoms with Crippen molar-refractivity contribution in [2.45, 2.75) is 69.8 Å². The lowest BCUT2D eigenvalue weighted by molar-refractivity contribution is -0.0648. The topological polar surface area (TPSA) is 35.0 Å². The Labute approximate surface area is 132 Å². The first-order valence-electron chi connectivity index (χ1n) is 8.23. The minimum atomic E-state index is -0.337. The molecule has 2 fully saturated rings. The third kappa shape index (κ3) is 3.09. The van der Waals surface area contributed by atoms with Crippen molar-refractivity contribution in [3.63, 3.8) is 0 Å². The van der Waals surface area contributed by atoms with Gasteiger partial charge in [-0.05, 0) is 44.1 Å². The smallest absolute Gasteiger partial charge is 0.162 e. The van der Waals surface area contributed by atoms with Gasteiger partial charge in [0.05, 0.1) is 0 Å². The molecular weight excluding hydrogens is 284 g/mol. The molecule has 1 aromatic rings. The van der Waals surface area contributed by atoms with Crippen molar-refractivity contribution in [1.82, 2.24) is 9.97 Å². The third-order valence-corrected chi connectivity index (χ3v) is 5.44. The minimum Gasteiger partial charge on any atom is -0.370 e. The molecule has 0 amide bonds. The second kappa shape index (κ2) is 6.21. The van der Waals surface area contributed by atoms with Gasteiger partial charge in [0.1, 0.15) is 10.8 Å². The largest absolute Gasteiger partial charge is 0.370 e. The van der Waals surface area contributed by atoms with Gasteiger partial charge in [0, 0.05) is 18.7 Å². The van der Waals surface area contributed by atoms with E-state index in [1.54, 1.807) is 7.11 Å². The van der Waals surface area contributed by atoms with Gasteiger partial charge in [0.25, 0.3) is 0 Å². The van der Waals surface area contributed by atoms with E-state index in [0.29, 0.717) is 17.0 Å². The van der Waals surface area contributed by atoms with Crippen LogP contribution in [0.2, 0.25) is 5.15 Å². The molecule has 3 rings (SSSR count). The van der Waals surface area contributed by atoms with E-state index >= 15 is 0 Å². The molecule has 116 valence electrons. The summed E-state index contributed by atoms with van der Waals surface area (Å²) in [5.74, 6) is 2.02. The molecule has 2 aliphatic rings. The second-order valence-electron chi connectivity index (χ2n) is 6.82. The molecule has 0 saturated heterocycles. The molecular formula is C17H25ClN2O. The summed E-state index contributed by atoms with van der Waals surface area (Å²) in [7, 11) is 1.79. The molecule has 0 N–H and O–H groups in total. The Morgan fingerprint density at radius 3 is 2.62 bits per heavy atom. The van der Waals surface area contributed by atoms with Crippen LogP contribution >= 0.6 is 11.6 Å². The molecule has 2 atom stereocenters. The molecule has 0 aromatic carbocycles. The summed E-state index contributed by atoms with van der Waals surface area (Å²) in [4.78, 5) is 9.43. The van der Waals surface area contributed by atoms with Crippen LogP contribution in [-0.4, -0.2) is 17.1 Å². The van der Waals surface area contributed by atoms with Crippen LogP contribution in [0, 0.1) is 5.92 Å². The number of aromatic nitrogens is 2. The van der Waals surface area contributed by atoms with E-state index in [9.17, 15) is 0 Å². The van der Waals surface area contributed by atoms with E-state index in [1.165, 1.54) is 38.5 Å². The molecule has 0 bridgehead atoms. The van der Waals surface area contributed by atoms with Gasteiger partial charge in [0.2, 0.25) is 0 Å². The summed E-state index contributed by atoms with van der Waals surface area (Å²) in [6, 6.07) is 1.96. The van der Waals surface area contributed by atoms with E-state index in [2.05, 4.69) is 11.9 Å². The van der Waals surface area contributed by atoms with Crippen LogP contribution in [0.25, 0.3) is 0 Å². The van der Waals surface area contributed by atoms with Crippen LogP contribution in [0.5, 0.6) is 0 Å². The highest BCUT2D eigenvalue weighted by atomic mass is 35.5. The van der Waals surface area contributed by atoms with E-state index in [-0.39, 0.29) is 5.60 Å². The molecule has 1 aromatic heterocycles. The zero-order valence-electron chi connectivity index (χ0n) is 13.1. The molecule has 0 aliphatic heterocycles. The fraction of sp³-hybridized carbons (Fsp3) is 0.765.